The molecule has 5 heteroatoms. The van der Waals surface area contributed by atoms with Gasteiger partial charge in [-0.3, -0.25) is 9.69 Å². The lowest BCUT2D eigenvalue weighted by Gasteiger charge is -2.36. The lowest BCUT2D eigenvalue weighted by Crippen LogP contribution is -2.48. The van der Waals surface area contributed by atoms with Crippen LogP contribution >= 0.6 is 0 Å². The summed E-state index contributed by atoms with van der Waals surface area (Å²) in [5, 5.41) is 0. The van der Waals surface area contributed by atoms with E-state index in [2.05, 4.69) is 34.1 Å². The first kappa shape index (κ1) is 19.3. The maximum atomic E-state index is 12.9. The summed E-state index contributed by atoms with van der Waals surface area (Å²) in [7, 11) is 0. The third-order valence-corrected chi connectivity index (χ3v) is 5.41. The number of aryl methyl sites for hydroxylation is 1. The van der Waals surface area contributed by atoms with Crippen LogP contribution in [0, 0.1) is 0 Å². The molecular weight excluding hydrogens is 328 g/mol. The monoisotopic (exact) mass is 360 g/mol. The van der Waals surface area contributed by atoms with Crippen molar-refractivity contribution in [3.8, 4) is 0 Å². The van der Waals surface area contributed by atoms with Gasteiger partial charge in [-0.1, -0.05) is 30.3 Å². The summed E-state index contributed by atoms with van der Waals surface area (Å²) < 4.78 is 10.9. The van der Waals surface area contributed by atoms with E-state index in [0.29, 0.717) is 18.4 Å². The molecule has 2 heterocycles. The highest BCUT2D eigenvalue weighted by Gasteiger charge is 2.26. The minimum absolute atomic E-state index is 0.307. The summed E-state index contributed by atoms with van der Waals surface area (Å²) in [5.41, 5.74) is 1.31. The Labute approximate surface area is 157 Å². The average Bonchev–Trinajstić information content (AvgIpc) is 2.70. The molecular formula is C21H32N2O3. The average molecular weight is 360 g/mol. The van der Waals surface area contributed by atoms with Crippen molar-refractivity contribution in [3.05, 3.63) is 35.9 Å². The molecule has 0 spiro atoms. The van der Waals surface area contributed by atoms with E-state index in [4.69, 9.17) is 9.47 Å². The van der Waals surface area contributed by atoms with E-state index in [1.54, 1.807) is 0 Å². The third kappa shape index (κ3) is 6.08. The molecule has 5 nitrogen and oxygen atoms in total. The number of hydrogen-bond donors (Lipinski definition) is 0. The Hall–Kier alpha value is -1.43. The molecule has 144 valence electrons. The lowest BCUT2D eigenvalue weighted by atomic mass is 10.0. The molecule has 1 aromatic rings. The summed E-state index contributed by atoms with van der Waals surface area (Å²) >= 11 is 0. The fourth-order valence-corrected chi connectivity index (χ4v) is 3.81. The number of benzene rings is 1. The Morgan fingerprint density at radius 3 is 2.46 bits per heavy atom. The molecule has 2 aliphatic heterocycles. The summed E-state index contributed by atoms with van der Waals surface area (Å²) in [6, 6.07) is 10.8. The second-order valence-corrected chi connectivity index (χ2v) is 7.22. The van der Waals surface area contributed by atoms with E-state index in [-0.39, 0.29) is 0 Å². The van der Waals surface area contributed by atoms with Gasteiger partial charge in [0.05, 0.1) is 13.2 Å². The predicted molar refractivity (Wildman–Crippen MR) is 102 cm³/mol. The molecule has 0 aromatic heterocycles. The minimum Gasteiger partial charge on any atom is -0.381 e. The summed E-state index contributed by atoms with van der Waals surface area (Å²) in [4.78, 5) is 17.5. The van der Waals surface area contributed by atoms with Crippen molar-refractivity contribution in [2.45, 2.75) is 38.1 Å². The Kier molecular flexibility index (Phi) is 7.92. The van der Waals surface area contributed by atoms with E-state index >= 15 is 0 Å². The van der Waals surface area contributed by atoms with Crippen molar-refractivity contribution >= 4 is 5.91 Å². The van der Waals surface area contributed by atoms with Crippen molar-refractivity contribution in [2.75, 3.05) is 52.6 Å². The zero-order chi connectivity index (χ0) is 18.0. The molecule has 2 saturated heterocycles. The van der Waals surface area contributed by atoms with E-state index in [0.717, 1.165) is 78.3 Å². The van der Waals surface area contributed by atoms with Crippen LogP contribution in [0.4, 0.5) is 0 Å². The quantitative estimate of drug-likeness (QED) is 0.714. The Morgan fingerprint density at radius 2 is 1.73 bits per heavy atom. The predicted octanol–water partition coefficient (Wildman–Crippen LogP) is 2.35. The van der Waals surface area contributed by atoms with E-state index < -0.39 is 0 Å². The number of hydrogen-bond acceptors (Lipinski definition) is 4. The van der Waals surface area contributed by atoms with Crippen LogP contribution in [-0.4, -0.2) is 74.4 Å². The van der Waals surface area contributed by atoms with Crippen LogP contribution in [-0.2, 0) is 20.7 Å². The lowest BCUT2D eigenvalue weighted by molar-refractivity contribution is -0.136. The van der Waals surface area contributed by atoms with E-state index in [9.17, 15) is 4.79 Å². The Balaban J connectivity index is 1.50. The van der Waals surface area contributed by atoms with E-state index in [1.807, 2.05) is 6.07 Å². The van der Waals surface area contributed by atoms with Crippen LogP contribution in [0.2, 0.25) is 0 Å². The van der Waals surface area contributed by atoms with Gasteiger partial charge in [0, 0.05) is 51.9 Å². The molecule has 2 aliphatic rings. The number of nitrogens with zero attached hydrogens (tertiary/aromatic N) is 2. The van der Waals surface area contributed by atoms with Gasteiger partial charge in [-0.15, -0.1) is 0 Å². The molecule has 26 heavy (non-hydrogen) atoms. The molecule has 1 amide bonds. The second kappa shape index (κ2) is 10.7. The largest absolute Gasteiger partial charge is 0.381 e. The molecule has 0 aliphatic carbocycles. The first-order valence-electron chi connectivity index (χ1n) is 10.0. The van der Waals surface area contributed by atoms with Crippen molar-refractivity contribution in [3.63, 3.8) is 0 Å². The number of carbonyl (C=O) groups is 1. The van der Waals surface area contributed by atoms with Gasteiger partial charge in [-0.05, 0) is 31.2 Å². The van der Waals surface area contributed by atoms with Gasteiger partial charge in [0.15, 0.2) is 0 Å². The fourth-order valence-electron chi connectivity index (χ4n) is 3.81. The SMILES string of the molecule is O=C(CCCc1ccccc1)N(CCN1CCOCC1)C1CCOCC1. The highest BCUT2D eigenvalue weighted by Crippen LogP contribution is 2.17. The molecule has 0 bridgehead atoms. The molecule has 1 aromatic carbocycles. The molecule has 0 unspecified atom stereocenters. The highest BCUT2D eigenvalue weighted by molar-refractivity contribution is 5.76. The molecule has 0 saturated carbocycles. The highest BCUT2D eigenvalue weighted by atomic mass is 16.5. The normalized spacial score (nSPS) is 19.4. The molecule has 3 rings (SSSR count). The van der Waals surface area contributed by atoms with Crippen LogP contribution in [0.15, 0.2) is 30.3 Å². The van der Waals surface area contributed by atoms with Gasteiger partial charge in [0.25, 0.3) is 0 Å². The van der Waals surface area contributed by atoms with Gasteiger partial charge in [0.2, 0.25) is 5.91 Å². The number of amides is 1. The van der Waals surface area contributed by atoms with Crippen LogP contribution in [0.1, 0.15) is 31.2 Å². The van der Waals surface area contributed by atoms with Gasteiger partial charge in [-0.2, -0.15) is 0 Å². The molecule has 2 fully saturated rings. The second-order valence-electron chi connectivity index (χ2n) is 7.22. The first-order valence-corrected chi connectivity index (χ1v) is 10.0. The standard InChI is InChI=1S/C21H32N2O3/c24-21(8-4-7-19-5-2-1-3-6-19)23(20-9-15-25-16-10-20)12-11-22-13-17-26-18-14-22/h1-3,5-6,20H,4,7-18H2. The Bertz CT molecular complexity index is 525. The van der Waals surface area contributed by atoms with Crippen molar-refractivity contribution in [2.24, 2.45) is 0 Å². The van der Waals surface area contributed by atoms with Gasteiger partial charge < -0.3 is 14.4 Å². The summed E-state index contributed by atoms with van der Waals surface area (Å²) in [6.45, 7) is 6.89. The Morgan fingerprint density at radius 1 is 1.04 bits per heavy atom. The molecule has 0 N–H and O–H groups in total. The number of ether oxygens (including phenoxy) is 2. The maximum Gasteiger partial charge on any atom is 0.222 e. The van der Waals surface area contributed by atoms with Gasteiger partial charge in [-0.25, -0.2) is 0 Å². The first-order chi connectivity index (χ1) is 12.8. The molecule has 0 atom stereocenters. The summed E-state index contributed by atoms with van der Waals surface area (Å²) in [6.07, 6.45) is 4.45. The maximum absolute atomic E-state index is 12.9. The topological polar surface area (TPSA) is 42.0 Å². The number of rotatable bonds is 8. The fraction of sp³-hybridized carbons (Fsp3) is 0.667. The van der Waals surface area contributed by atoms with Crippen molar-refractivity contribution in [1.82, 2.24) is 9.80 Å². The zero-order valence-corrected chi connectivity index (χ0v) is 15.8. The third-order valence-electron chi connectivity index (χ3n) is 5.41. The van der Waals surface area contributed by atoms with Crippen molar-refractivity contribution < 1.29 is 14.3 Å². The molecule has 0 radical (unpaired) electrons. The van der Waals surface area contributed by atoms with Gasteiger partial charge >= 0.3 is 0 Å². The minimum atomic E-state index is 0.307. The van der Waals surface area contributed by atoms with Crippen LogP contribution in [0.25, 0.3) is 0 Å². The van der Waals surface area contributed by atoms with Crippen LogP contribution in [0.5, 0.6) is 0 Å². The zero-order valence-electron chi connectivity index (χ0n) is 15.8. The van der Waals surface area contributed by atoms with Gasteiger partial charge in [0.1, 0.15) is 0 Å². The smallest absolute Gasteiger partial charge is 0.222 e. The summed E-state index contributed by atoms with van der Waals surface area (Å²) in [5.74, 6) is 0.307. The van der Waals surface area contributed by atoms with Crippen LogP contribution < -0.4 is 0 Å². The van der Waals surface area contributed by atoms with Crippen molar-refractivity contribution in [1.29, 1.82) is 0 Å². The van der Waals surface area contributed by atoms with E-state index in [1.165, 1.54) is 5.56 Å². The number of morpholine rings is 1. The van der Waals surface area contributed by atoms with Crippen LogP contribution in [0.3, 0.4) is 0 Å². The number of carbonyl (C=O) groups excluding carboxylic acids is 1.